The minimum absolute atomic E-state index is 0.0272. The molecule has 0 aromatic carbocycles. The number of aliphatic carboxylic acids is 1. The largest absolute Gasteiger partial charge is 0.490 e. The van der Waals surface area contributed by atoms with Crippen LogP contribution in [-0.4, -0.2) is 41.2 Å². The maximum atomic E-state index is 11.4. The molecule has 2 rings (SSSR count). The van der Waals surface area contributed by atoms with Crippen LogP contribution in [0.3, 0.4) is 0 Å². The summed E-state index contributed by atoms with van der Waals surface area (Å²) in [6.45, 7) is 3.29. The summed E-state index contributed by atoms with van der Waals surface area (Å²) in [5.74, 6) is -2.72. The molecule has 7 nitrogen and oxygen atoms in total. The van der Waals surface area contributed by atoms with E-state index in [1.165, 1.54) is 6.26 Å². The number of carbonyl (C=O) groups is 2. The fraction of sp³-hybridized carbons (Fsp3) is 0.500. The average Bonchev–Trinajstić information content (AvgIpc) is 2.60. The first kappa shape index (κ1) is 16.0. The molecule has 1 aliphatic heterocycles. The quantitative estimate of drug-likeness (QED) is 0.744. The second-order valence-corrected chi connectivity index (χ2v) is 3.94. The summed E-state index contributed by atoms with van der Waals surface area (Å²) in [4.78, 5) is 24.2. The van der Waals surface area contributed by atoms with Gasteiger partial charge in [-0.25, -0.2) is 4.79 Å². The number of aryl methyl sites for hydroxylation is 1. The number of hydrogen-bond donors (Lipinski definition) is 3. The van der Waals surface area contributed by atoms with E-state index in [9.17, 15) is 18.0 Å². The Hall–Kier alpha value is -2.10. The summed E-state index contributed by atoms with van der Waals surface area (Å²) in [7, 11) is 0. The first-order valence-electron chi connectivity index (χ1n) is 5.44. The summed E-state index contributed by atoms with van der Waals surface area (Å²) in [5.41, 5.74) is 0.766. The molecule has 1 aromatic heterocycles. The molecule has 2 heterocycles. The number of carbonyl (C=O) groups excluding carboxylic acids is 1. The van der Waals surface area contributed by atoms with E-state index in [-0.39, 0.29) is 17.8 Å². The van der Waals surface area contributed by atoms with Crippen LogP contribution in [0.2, 0.25) is 0 Å². The lowest BCUT2D eigenvalue weighted by Gasteiger charge is -2.24. The van der Waals surface area contributed by atoms with Crippen LogP contribution in [0.4, 0.5) is 19.2 Å². The second-order valence-electron chi connectivity index (χ2n) is 3.94. The average molecular weight is 295 g/mol. The van der Waals surface area contributed by atoms with Gasteiger partial charge in [0.05, 0.1) is 11.6 Å². The molecule has 1 aromatic rings. The SMILES string of the molecule is Cc1coc(NC(=O)C2CNC2)n1.O=C(O)C(F)(F)F. The highest BCUT2D eigenvalue weighted by molar-refractivity contribution is 5.91. The van der Waals surface area contributed by atoms with Gasteiger partial charge in [-0.3, -0.25) is 10.1 Å². The van der Waals surface area contributed by atoms with Crippen molar-refractivity contribution < 1.29 is 32.3 Å². The van der Waals surface area contributed by atoms with Crippen molar-refractivity contribution in [2.45, 2.75) is 13.1 Å². The summed E-state index contributed by atoms with van der Waals surface area (Å²) in [6, 6.07) is 0.286. The Morgan fingerprint density at radius 2 is 2.05 bits per heavy atom. The lowest BCUT2D eigenvalue weighted by molar-refractivity contribution is -0.192. The van der Waals surface area contributed by atoms with Gasteiger partial charge in [0.2, 0.25) is 5.91 Å². The third kappa shape index (κ3) is 4.88. The molecule has 3 N–H and O–H groups in total. The summed E-state index contributed by atoms with van der Waals surface area (Å²) >= 11 is 0. The minimum Gasteiger partial charge on any atom is -0.475 e. The maximum absolute atomic E-state index is 11.4. The molecule has 112 valence electrons. The third-order valence-electron chi connectivity index (χ3n) is 2.24. The Labute approximate surface area is 111 Å². The van der Waals surface area contributed by atoms with Crippen LogP contribution in [0, 0.1) is 12.8 Å². The van der Waals surface area contributed by atoms with Crippen LogP contribution in [0.15, 0.2) is 10.7 Å². The van der Waals surface area contributed by atoms with Crippen molar-refractivity contribution in [3.05, 3.63) is 12.0 Å². The topological polar surface area (TPSA) is 104 Å². The molecule has 0 radical (unpaired) electrons. The number of alkyl halides is 3. The number of hydrogen-bond acceptors (Lipinski definition) is 5. The molecule has 0 spiro atoms. The Morgan fingerprint density at radius 1 is 1.50 bits per heavy atom. The first-order chi connectivity index (χ1) is 9.20. The van der Waals surface area contributed by atoms with Gasteiger partial charge in [-0.1, -0.05) is 0 Å². The predicted molar refractivity (Wildman–Crippen MR) is 59.9 cm³/mol. The smallest absolute Gasteiger partial charge is 0.475 e. The Morgan fingerprint density at radius 3 is 2.35 bits per heavy atom. The summed E-state index contributed by atoms with van der Waals surface area (Å²) < 4.78 is 36.7. The van der Waals surface area contributed by atoms with E-state index in [2.05, 4.69) is 15.6 Å². The van der Waals surface area contributed by atoms with Gasteiger partial charge in [-0.2, -0.15) is 18.2 Å². The predicted octanol–water partition coefficient (Wildman–Crippen LogP) is 0.774. The molecule has 1 aliphatic rings. The molecule has 0 unspecified atom stereocenters. The molecule has 20 heavy (non-hydrogen) atoms. The number of nitrogens with zero attached hydrogens (tertiary/aromatic N) is 1. The third-order valence-corrected chi connectivity index (χ3v) is 2.24. The zero-order valence-electron chi connectivity index (χ0n) is 10.3. The molecule has 0 atom stereocenters. The molecule has 1 saturated heterocycles. The molecule has 0 bridgehead atoms. The molecule has 1 fully saturated rings. The Bertz CT molecular complexity index is 482. The van der Waals surface area contributed by atoms with Crippen molar-refractivity contribution in [1.82, 2.24) is 10.3 Å². The van der Waals surface area contributed by atoms with E-state index in [1.54, 1.807) is 0 Å². The van der Waals surface area contributed by atoms with Gasteiger partial charge < -0.3 is 14.8 Å². The van der Waals surface area contributed by atoms with Crippen LogP contribution in [0.1, 0.15) is 5.69 Å². The Balaban J connectivity index is 0.000000246. The van der Waals surface area contributed by atoms with E-state index in [4.69, 9.17) is 14.3 Å². The molecular formula is C10H12F3N3O4. The van der Waals surface area contributed by atoms with E-state index >= 15 is 0 Å². The molecule has 0 aliphatic carbocycles. The van der Waals surface area contributed by atoms with Gasteiger partial charge in [-0.15, -0.1) is 0 Å². The normalized spacial score (nSPS) is 14.8. The number of oxazole rings is 1. The fourth-order valence-electron chi connectivity index (χ4n) is 1.09. The van der Waals surface area contributed by atoms with E-state index in [0.717, 1.165) is 18.8 Å². The van der Waals surface area contributed by atoms with Crippen LogP contribution in [0.25, 0.3) is 0 Å². The van der Waals surface area contributed by atoms with Crippen molar-refractivity contribution in [1.29, 1.82) is 0 Å². The standard InChI is InChI=1S/C8H11N3O2.C2HF3O2/c1-5-4-13-8(10-5)11-7(12)6-2-9-3-6;3-2(4,5)1(6)7/h4,6,9H,2-3H2,1H3,(H,10,11,12);(H,6,7). The van der Waals surface area contributed by atoms with Crippen LogP contribution < -0.4 is 10.6 Å². The van der Waals surface area contributed by atoms with Gasteiger partial charge in [0.15, 0.2) is 0 Å². The van der Waals surface area contributed by atoms with E-state index in [1.807, 2.05) is 6.92 Å². The van der Waals surface area contributed by atoms with Crippen molar-refractivity contribution in [3.63, 3.8) is 0 Å². The van der Waals surface area contributed by atoms with Crippen molar-refractivity contribution in [2.24, 2.45) is 5.92 Å². The number of carboxylic acid groups (broad SMARTS) is 1. The van der Waals surface area contributed by atoms with Gasteiger partial charge in [-0.05, 0) is 6.92 Å². The molecule has 0 saturated carbocycles. The fourth-order valence-corrected chi connectivity index (χ4v) is 1.09. The van der Waals surface area contributed by atoms with Crippen LogP contribution in [0.5, 0.6) is 0 Å². The zero-order valence-corrected chi connectivity index (χ0v) is 10.3. The second kappa shape index (κ2) is 6.37. The van der Waals surface area contributed by atoms with Crippen LogP contribution >= 0.6 is 0 Å². The Kier molecular flexibility index (Phi) is 5.08. The molecule has 10 heteroatoms. The van der Waals surface area contributed by atoms with Gasteiger partial charge in [0.1, 0.15) is 6.26 Å². The highest BCUT2D eigenvalue weighted by atomic mass is 19.4. The minimum atomic E-state index is -5.08. The summed E-state index contributed by atoms with van der Waals surface area (Å²) in [5, 5.41) is 12.8. The highest BCUT2D eigenvalue weighted by Crippen LogP contribution is 2.13. The number of amides is 1. The highest BCUT2D eigenvalue weighted by Gasteiger charge is 2.38. The van der Waals surface area contributed by atoms with Gasteiger partial charge in [0.25, 0.3) is 0 Å². The zero-order chi connectivity index (χ0) is 15.3. The van der Waals surface area contributed by atoms with Crippen molar-refractivity contribution >= 4 is 17.9 Å². The van der Waals surface area contributed by atoms with E-state index in [0.29, 0.717) is 0 Å². The first-order valence-corrected chi connectivity index (χ1v) is 5.44. The number of rotatable bonds is 2. The number of nitrogens with one attached hydrogen (secondary N) is 2. The molecule has 1 amide bonds. The van der Waals surface area contributed by atoms with E-state index < -0.39 is 12.1 Å². The van der Waals surface area contributed by atoms with Crippen molar-refractivity contribution in [2.75, 3.05) is 18.4 Å². The number of carboxylic acids is 1. The van der Waals surface area contributed by atoms with Gasteiger partial charge >= 0.3 is 18.2 Å². The number of anilines is 1. The number of aromatic nitrogens is 1. The lowest BCUT2D eigenvalue weighted by Crippen LogP contribution is -2.48. The molecular weight excluding hydrogens is 283 g/mol. The van der Waals surface area contributed by atoms with Crippen molar-refractivity contribution in [3.8, 4) is 0 Å². The lowest BCUT2D eigenvalue weighted by atomic mass is 10.0. The van der Waals surface area contributed by atoms with Gasteiger partial charge in [0, 0.05) is 13.1 Å². The number of halogens is 3. The maximum Gasteiger partial charge on any atom is 0.490 e. The summed E-state index contributed by atoms with van der Waals surface area (Å²) in [6.07, 6.45) is -3.57. The van der Waals surface area contributed by atoms with Crippen LogP contribution in [-0.2, 0) is 9.59 Å². The monoisotopic (exact) mass is 295 g/mol.